The number of hydrogen-bond acceptors (Lipinski definition) is 6. The van der Waals surface area contributed by atoms with E-state index in [0.717, 1.165) is 15.6 Å². The van der Waals surface area contributed by atoms with Gasteiger partial charge >= 0.3 is 5.97 Å². The number of hydrogen-bond donors (Lipinski definition) is 1. The Bertz CT molecular complexity index is 1420. The van der Waals surface area contributed by atoms with Crippen LogP contribution >= 0.6 is 15.9 Å². The van der Waals surface area contributed by atoms with Crippen LogP contribution in [-0.4, -0.2) is 24.7 Å². The SMILES string of the molecule is Cc1ccccc1C(=O)Oc1ccc(Br)cc1/C=N/NC(=O)COc1ccc(OCc2ccccc2)cc1. The average Bonchev–Trinajstić information content (AvgIpc) is 2.93. The second-order valence-electron chi connectivity index (χ2n) is 8.21. The van der Waals surface area contributed by atoms with E-state index in [1.54, 1.807) is 54.6 Å². The van der Waals surface area contributed by atoms with Crippen molar-refractivity contribution in [3.05, 3.63) is 124 Å². The van der Waals surface area contributed by atoms with Crippen molar-refractivity contribution in [2.24, 2.45) is 5.10 Å². The Labute approximate surface area is 229 Å². The fourth-order valence-electron chi connectivity index (χ4n) is 3.40. The summed E-state index contributed by atoms with van der Waals surface area (Å²) >= 11 is 3.40. The molecule has 8 heteroatoms. The Kier molecular flexibility index (Phi) is 9.26. The molecule has 0 bridgehead atoms. The van der Waals surface area contributed by atoms with Crippen molar-refractivity contribution in [3.8, 4) is 17.2 Å². The van der Waals surface area contributed by atoms with Crippen LogP contribution in [0.4, 0.5) is 0 Å². The van der Waals surface area contributed by atoms with Gasteiger partial charge in [-0.25, -0.2) is 10.2 Å². The first-order valence-electron chi connectivity index (χ1n) is 11.8. The number of esters is 1. The molecule has 4 aromatic carbocycles. The Hall–Kier alpha value is -4.43. The lowest BCUT2D eigenvalue weighted by atomic mass is 10.1. The maximum atomic E-state index is 12.6. The van der Waals surface area contributed by atoms with E-state index in [2.05, 4.69) is 26.5 Å². The molecule has 1 amide bonds. The molecule has 0 heterocycles. The second kappa shape index (κ2) is 13.2. The minimum Gasteiger partial charge on any atom is -0.489 e. The van der Waals surface area contributed by atoms with Crippen LogP contribution in [-0.2, 0) is 11.4 Å². The van der Waals surface area contributed by atoms with Crippen molar-refractivity contribution in [2.45, 2.75) is 13.5 Å². The Balaban J connectivity index is 1.28. The van der Waals surface area contributed by atoms with Gasteiger partial charge in [0, 0.05) is 10.0 Å². The molecule has 0 aliphatic rings. The molecule has 0 aliphatic heterocycles. The third-order valence-corrected chi connectivity index (χ3v) is 5.87. The van der Waals surface area contributed by atoms with E-state index in [1.807, 2.05) is 49.4 Å². The molecule has 38 heavy (non-hydrogen) atoms. The predicted octanol–water partition coefficient (Wildman–Crippen LogP) is 6.08. The highest BCUT2D eigenvalue weighted by molar-refractivity contribution is 9.10. The van der Waals surface area contributed by atoms with Gasteiger partial charge in [-0.05, 0) is 66.6 Å². The molecule has 0 unspecified atom stereocenters. The number of carbonyl (C=O) groups excluding carboxylic acids is 2. The Morgan fingerprint density at radius 3 is 2.29 bits per heavy atom. The lowest BCUT2D eigenvalue weighted by Gasteiger charge is -2.10. The summed E-state index contributed by atoms with van der Waals surface area (Å²) in [5.74, 6) is 0.607. The zero-order valence-corrected chi connectivity index (χ0v) is 22.2. The number of amides is 1. The summed E-state index contributed by atoms with van der Waals surface area (Å²) in [6.45, 7) is 2.08. The normalized spacial score (nSPS) is 10.7. The Morgan fingerprint density at radius 1 is 0.868 bits per heavy atom. The van der Waals surface area contributed by atoms with Gasteiger partial charge < -0.3 is 14.2 Å². The van der Waals surface area contributed by atoms with Gasteiger partial charge in [0.2, 0.25) is 0 Å². The van der Waals surface area contributed by atoms with Crippen LogP contribution in [0.15, 0.2) is 107 Å². The van der Waals surface area contributed by atoms with Crippen LogP contribution in [0, 0.1) is 6.92 Å². The first-order chi connectivity index (χ1) is 18.5. The van der Waals surface area contributed by atoms with Crippen molar-refractivity contribution in [1.29, 1.82) is 0 Å². The Morgan fingerprint density at radius 2 is 1.55 bits per heavy atom. The van der Waals surface area contributed by atoms with Crippen LogP contribution in [0.1, 0.15) is 27.0 Å². The number of hydrazone groups is 1. The quantitative estimate of drug-likeness (QED) is 0.108. The topological polar surface area (TPSA) is 86.2 Å². The van der Waals surface area contributed by atoms with E-state index in [-0.39, 0.29) is 6.61 Å². The highest BCUT2D eigenvalue weighted by atomic mass is 79.9. The average molecular weight is 573 g/mol. The third-order valence-electron chi connectivity index (χ3n) is 5.37. The molecular weight excluding hydrogens is 548 g/mol. The third kappa shape index (κ3) is 7.78. The van der Waals surface area contributed by atoms with Crippen LogP contribution in [0.2, 0.25) is 0 Å². The molecule has 0 radical (unpaired) electrons. The van der Waals surface area contributed by atoms with Crippen molar-refractivity contribution in [3.63, 3.8) is 0 Å². The molecular formula is C30H25BrN2O5. The van der Waals surface area contributed by atoms with Crippen LogP contribution < -0.4 is 19.6 Å². The summed E-state index contributed by atoms with van der Waals surface area (Å²) in [5, 5.41) is 3.98. The zero-order chi connectivity index (χ0) is 26.7. The summed E-state index contributed by atoms with van der Waals surface area (Å²) in [6, 6.07) is 29.2. The van der Waals surface area contributed by atoms with Crippen molar-refractivity contribution < 1.29 is 23.8 Å². The fraction of sp³-hybridized carbons (Fsp3) is 0.100. The molecule has 0 atom stereocenters. The van der Waals surface area contributed by atoms with E-state index in [0.29, 0.717) is 35.0 Å². The highest BCUT2D eigenvalue weighted by Gasteiger charge is 2.13. The molecule has 192 valence electrons. The number of halogens is 1. The summed E-state index contributed by atoms with van der Waals surface area (Å²) < 4.78 is 17.6. The van der Waals surface area contributed by atoms with E-state index in [9.17, 15) is 9.59 Å². The summed E-state index contributed by atoms with van der Waals surface area (Å²) in [5.41, 5.74) is 5.28. The van der Waals surface area contributed by atoms with E-state index < -0.39 is 11.9 Å². The van der Waals surface area contributed by atoms with Crippen molar-refractivity contribution in [1.82, 2.24) is 5.43 Å². The van der Waals surface area contributed by atoms with Crippen molar-refractivity contribution in [2.75, 3.05) is 6.61 Å². The molecule has 0 saturated carbocycles. The van der Waals surface area contributed by atoms with Crippen LogP contribution in [0.5, 0.6) is 17.2 Å². The lowest BCUT2D eigenvalue weighted by Crippen LogP contribution is -2.24. The zero-order valence-electron chi connectivity index (χ0n) is 20.6. The molecule has 1 N–H and O–H groups in total. The molecule has 4 rings (SSSR count). The van der Waals surface area contributed by atoms with E-state index in [1.165, 1.54) is 6.21 Å². The lowest BCUT2D eigenvalue weighted by molar-refractivity contribution is -0.123. The maximum Gasteiger partial charge on any atom is 0.343 e. The first kappa shape index (κ1) is 26.6. The van der Waals surface area contributed by atoms with Gasteiger partial charge in [-0.2, -0.15) is 5.10 Å². The number of carbonyl (C=O) groups is 2. The van der Waals surface area contributed by atoms with Crippen LogP contribution in [0.3, 0.4) is 0 Å². The number of benzene rings is 4. The highest BCUT2D eigenvalue weighted by Crippen LogP contribution is 2.23. The molecule has 0 aliphatic carbocycles. The van der Waals surface area contributed by atoms with Gasteiger partial charge in [0.15, 0.2) is 6.61 Å². The second-order valence-corrected chi connectivity index (χ2v) is 9.13. The molecule has 0 saturated heterocycles. The van der Waals surface area contributed by atoms with E-state index in [4.69, 9.17) is 14.2 Å². The molecule has 0 aromatic heterocycles. The molecule has 7 nitrogen and oxygen atoms in total. The molecule has 0 spiro atoms. The van der Waals surface area contributed by atoms with Gasteiger partial charge in [0.1, 0.15) is 23.9 Å². The van der Waals surface area contributed by atoms with Gasteiger partial charge in [-0.1, -0.05) is 64.5 Å². The molecule has 0 fully saturated rings. The largest absolute Gasteiger partial charge is 0.489 e. The monoisotopic (exact) mass is 572 g/mol. The summed E-state index contributed by atoms with van der Waals surface area (Å²) in [7, 11) is 0. The summed E-state index contributed by atoms with van der Waals surface area (Å²) in [6.07, 6.45) is 1.40. The number of ether oxygens (including phenoxy) is 3. The van der Waals surface area contributed by atoms with Gasteiger partial charge in [-0.15, -0.1) is 0 Å². The number of rotatable bonds is 10. The van der Waals surface area contributed by atoms with Crippen molar-refractivity contribution >= 4 is 34.0 Å². The standard InChI is InChI=1S/C30H25BrN2O5/c1-21-7-5-6-10-27(21)30(35)38-28-16-11-24(31)17-23(28)18-32-33-29(34)20-37-26-14-12-25(13-15-26)36-19-22-8-3-2-4-9-22/h2-18H,19-20H2,1H3,(H,33,34)/b32-18+. The first-order valence-corrected chi connectivity index (χ1v) is 12.6. The summed E-state index contributed by atoms with van der Waals surface area (Å²) in [4.78, 5) is 24.8. The number of aryl methyl sites for hydroxylation is 1. The van der Waals surface area contributed by atoms with Crippen LogP contribution in [0.25, 0.3) is 0 Å². The van der Waals surface area contributed by atoms with Gasteiger partial charge in [0.05, 0.1) is 11.8 Å². The fourth-order valence-corrected chi connectivity index (χ4v) is 3.78. The maximum absolute atomic E-state index is 12.6. The van der Waals surface area contributed by atoms with Gasteiger partial charge in [0.25, 0.3) is 5.91 Å². The van der Waals surface area contributed by atoms with Gasteiger partial charge in [-0.3, -0.25) is 4.79 Å². The minimum atomic E-state index is -0.478. The molecule has 4 aromatic rings. The minimum absolute atomic E-state index is 0.227. The predicted molar refractivity (Wildman–Crippen MR) is 149 cm³/mol. The smallest absolute Gasteiger partial charge is 0.343 e. The number of nitrogens with one attached hydrogen (secondary N) is 1. The number of nitrogens with zero attached hydrogens (tertiary/aromatic N) is 1. The van der Waals surface area contributed by atoms with E-state index >= 15 is 0 Å².